The highest BCUT2D eigenvalue weighted by molar-refractivity contribution is 5.76. The van der Waals surface area contributed by atoms with Gasteiger partial charge in [-0.05, 0) is 12.8 Å². The molecule has 7 heteroatoms. The summed E-state index contributed by atoms with van der Waals surface area (Å²) in [6.45, 7) is 4.47. The number of nitrogens with zero attached hydrogens (tertiary/aromatic N) is 3. The van der Waals surface area contributed by atoms with Gasteiger partial charge in [-0.1, -0.05) is 6.92 Å². The SMILES string of the molecule is CCc1nc([C@H]2CN(C(=O)C[C@H]3CCCO3)CCO2)n[nH]1. The number of ether oxygens (including phenoxy) is 2. The first-order chi connectivity index (χ1) is 10.3. The molecular formula is C14H22N4O3. The van der Waals surface area contributed by atoms with E-state index in [4.69, 9.17) is 9.47 Å². The summed E-state index contributed by atoms with van der Waals surface area (Å²) in [5, 5.41) is 7.07. The lowest BCUT2D eigenvalue weighted by Crippen LogP contribution is -2.43. The molecule has 2 saturated heterocycles. The zero-order valence-electron chi connectivity index (χ0n) is 12.4. The predicted molar refractivity (Wildman–Crippen MR) is 74.6 cm³/mol. The molecule has 1 N–H and O–H groups in total. The van der Waals surface area contributed by atoms with Crippen LogP contribution >= 0.6 is 0 Å². The lowest BCUT2D eigenvalue weighted by atomic mass is 10.1. The van der Waals surface area contributed by atoms with Crippen LogP contribution in [0.2, 0.25) is 0 Å². The van der Waals surface area contributed by atoms with Gasteiger partial charge >= 0.3 is 0 Å². The van der Waals surface area contributed by atoms with E-state index >= 15 is 0 Å². The van der Waals surface area contributed by atoms with Crippen molar-refractivity contribution in [2.45, 2.75) is 44.8 Å². The Hall–Kier alpha value is -1.47. The van der Waals surface area contributed by atoms with Gasteiger partial charge in [-0.15, -0.1) is 0 Å². The van der Waals surface area contributed by atoms with Crippen LogP contribution in [0.1, 0.15) is 43.9 Å². The Morgan fingerprint density at radius 2 is 2.33 bits per heavy atom. The number of hydrogen-bond acceptors (Lipinski definition) is 5. The molecule has 2 aliphatic rings. The highest BCUT2D eigenvalue weighted by Crippen LogP contribution is 2.22. The Balaban J connectivity index is 1.58. The van der Waals surface area contributed by atoms with E-state index in [1.807, 2.05) is 11.8 Å². The number of amides is 1. The smallest absolute Gasteiger partial charge is 0.225 e. The number of H-pyrrole nitrogens is 1. The molecule has 1 amide bonds. The average molecular weight is 294 g/mol. The fraction of sp³-hybridized carbons (Fsp3) is 0.786. The molecule has 2 atom stereocenters. The van der Waals surface area contributed by atoms with Crippen molar-refractivity contribution in [2.24, 2.45) is 0 Å². The van der Waals surface area contributed by atoms with Gasteiger partial charge in [-0.3, -0.25) is 9.89 Å². The number of morpholine rings is 1. The van der Waals surface area contributed by atoms with Crippen molar-refractivity contribution in [3.8, 4) is 0 Å². The van der Waals surface area contributed by atoms with Crippen molar-refractivity contribution in [3.63, 3.8) is 0 Å². The summed E-state index contributed by atoms with van der Waals surface area (Å²) >= 11 is 0. The van der Waals surface area contributed by atoms with Crippen LogP contribution in [0.5, 0.6) is 0 Å². The van der Waals surface area contributed by atoms with E-state index in [1.54, 1.807) is 0 Å². The fourth-order valence-corrected chi connectivity index (χ4v) is 2.77. The van der Waals surface area contributed by atoms with E-state index < -0.39 is 0 Å². The van der Waals surface area contributed by atoms with Crippen LogP contribution in [0.3, 0.4) is 0 Å². The molecule has 0 radical (unpaired) electrons. The van der Waals surface area contributed by atoms with Crippen LogP contribution in [-0.4, -0.2) is 58.4 Å². The monoisotopic (exact) mass is 294 g/mol. The highest BCUT2D eigenvalue weighted by Gasteiger charge is 2.30. The predicted octanol–water partition coefficient (Wildman–Crippen LogP) is 0.836. The van der Waals surface area contributed by atoms with Crippen LogP contribution in [0, 0.1) is 0 Å². The molecule has 3 heterocycles. The number of aryl methyl sites for hydroxylation is 1. The lowest BCUT2D eigenvalue weighted by molar-refractivity contribution is -0.141. The van der Waals surface area contributed by atoms with E-state index in [9.17, 15) is 4.79 Å². The van der Waals surface area contributed by atoms with Gasteiger partial charge in [0.1, 0.15) is 11.9 Å². The largest absolute Gasteiger partial charge is 0.378 e. The van der Waals surface area contributed by atoms with Gasteiger partial charge < -0.3 is 14.4 Å². The Bertz CT molecular complexity index is 484. The normalized spacial score (nSPS) is 26.2. The minimum Gasteiger partial charge on any atom is -0.378 e. The molecule has 1 aromatic rings. The minimum absolute atomic E-state index is 0.0917. The molecule has 2 aliphatic heterocycles. The van der Waals surface area contributed by atoms with Crippen molar-refractivity contribution >= 4 is 5.91 Å². The molecule has 116 valence electrons. The molecule has 7 nitrogen and oxygen atoms in total. The quantitative estimate of drug-likeness (QED) is 0.890. The number of carbonyl (C=O) groups is 1. The number of aromatic nitrogens is 3. The second-order valence-electron chi connectivity index (χ2n) is 5.53. The first-order valence-electron chi connectivity index (χ1n) is 7.68. The summed E-state index contributed by atoms with van der Waals surface area (Å²) in [5.74, 6) is 1.62. The zero-order valence-corrected chi connectivity index (χ0v) is 12.4. The van der Waals surface area contributed by atoms with Gasteiger partial charge in [-0.2, -0.15) is 5.10 Å². The molecule has 1 aromatic heterocycles. The fourth-order valence-electron chi connectivity index (χ4n) is 2.77. The maximum Gasteiger partial charge on any atom is 0.225 e. The van der Waals surface area contributed by atoms with Gasteiger partial charge in [0.25, 0.3) is 0 Å². The van der Waals surface area contributed by atoms with Gasteiger partial charge in [0.05, 0.1) is 25.7 Å². The van der Waals surface area contributed by atoms with Crippen molar-refractivity contribution in [3.05, 3.63) is 11.6 Å². The third-order valence-corrected chi connectivity index (χ3v) is 4.02. The summed E-state index contributed by atoms with van der Waals surface area (Å²) in [6, 6.07) is 0. The molecule has 0 aromatic carbocycles. The average Bonchev–Trinajstić information content (AvgIpc) is 3.18. The summed E-state index contributed by atoms with van der Waals surface area (Å²) in [6.07, 6.45) is 3.18. The summed E-state index contributed by atoms with van der Waals surface area (Å²) in [5.41, 5.74) is 0. The van der Waals surface area contributed by atoms with Crippen LogP contribution < -0.4 is 0 Å². The molecule has 0 bridgehead atoms. The lowest BCUT2D eigenvalue weighted by Gasteiger charge is -2.32. The van der Waals surface area contributed by atoms with Crippen LogP contribution in [-0.2, 0) is 20.7 Å². The molecule has 0 saturated carbocycles. The minimum atomic E-state index is -0.233. The second kappa shape index (κ2) is 6.53. The number of nitrogens with one attached hydrogen (secondary N) is 1. The zero-order chi connectivity index (χ0) is 14.7. The Morgan fingerprint density at radius 3 is 3.05 bits per heavy atom. The van der Waals surface area contributed by atoms with Gasteiger partial charge in [0.15, 0.2) is 5.82 Å². The number of rotatable bonds is 4. The van der Waals surface area contributed by atoms with Crippen molar-refractivity contribution in [1.29, 1.82) is 0 Å². The highest BCUT2D eigenvalue weighted by atomic mass is 16.5. The maximum absolute atomic E-state index is 12.3. The van der Waals surface area contributed by atoms with Crippen LogP contribution in [0.15, 0.2) is 0 Å². The topological polar surface area (TPSA) is 80.3 Å². The molecule has 21 heavy (non-hydrogen) atoms. The molecular weight excluding hydrogens is 272 g/mol. The van der Waals surface area contributed by atoms with Gasteiger partial charge in [0.2, 0.25) is 5.91 Å². The Morgan fingerprint density at radius 1 is 1.43 bits per heavy atom. The molecule has 2 fully saturated rings. The van der Waals surface area contributed by atoms with E-state index in [2.05, 4.69) is 15.2 Å². The standard InChI is InChI=1S/C14H22N4O3/c1-2-12-15-14(17-16-12)11-9-18(5-7-21-11)13(19)8-10-4-3-6-20-10/h10-11H,2-9H2,1H3,(H,15,16,17)/t10-,11-/m1/s1. The first-order valence-corrected chi connectivity index (χ1v) is 7.68. The van der Waals surface area contributed by atoms with Crippen LogP contribution in [0.4, 0.5) is 0 Å². The van der Waals surface area contributed by atoms with E-state index in [1.165, 1.54) is 0 Å². The number of carbonyl (C=O) groups excluding carboxylic acids is 1. The third kappa shape index (κ3) is 3.41. The third-order valence-electron chi connectivity index (χ3n) is 4.02. The molecule has 3 rings (SSSR count). The second-order valence-corrected chi connectivity index (χ2v) is 5.53. The molecule has 0 aliphatic carbocycles. The van der Waals surface area contributed by atoms with Crippen molar-refractivity contribution < 1.29 is 14.3 Å². The van der Waals surface area contributed by atoms with E-state index in [0.717, 1.165) is 31.7 Å². The van der Waals surface area contributed by atoms with Crippen molar-refractivity contribution in [1.82, 2.24) is 20.1 Å². The maximum atomic E-state index is 12.3. The summed E-state index contributed by atoms with van der Waals surface area (Å²) in [4.78, 5) is 18.6. The first kappa shape index (κ1) is 14.5. The molecule has 0 unspecified atom stereocenters. The van der Waals surface area contributed by atoms with Gasteiger partial charge in [-0.25, -0.2) is 4.98 Å². The Labute approximate surface area is 124 Å². The summed E-state index contributed by atoms with van der Waals surface area (Å²) in [7, 11) is 0. The Kier molecular flexibility index (Phi) is 4.50. The van der Waals surface area contributed by atoms with Crippen LogP contribution in [0.25, 0.3) is 0 Å². The number of aromatic amines is 1. The molecule has 0 spiro atoms. The van der Waals surface area contributed by atoms with Gasteiger partial charge in [0, 0.05) is 19.6 Å². The number of hydrogen-bond donors (Lipinski definition) is 1. The van der Waals surface area contributed by atoms with E-state index in [-0.39, 0.29) is 18.1 Å². The summed E-state index contributed by atoms with van der Waals surface area (Å²) < 4.78 is 11.2. The van der Waals surface area contributed by atoms with Crippen molar-refractivity contribution in [2.75, 3.05) is 26.3 Å². The van der Waals surface area contributed by atoms with E-state index in [0.29, 0.717) is 31.9 Å².